The first-order valence-corrected chi connectivity index (χ1v) is 6.21. The van der Waals surface area contributed by atoms with Crippen LogP contribution in [0, 0.1) is 0 Å². The van der Waals surface area contributed by atoms with Gasteiger partial charge >= 0.3 is 0 Å². The third kappa shape index (κ3) is 2.73. The lowest BCUT2D eigenvalue weighted by Crippen LogP contribution is -2.10. The summed E-state index contributed by atoms with van der Waals surface area (Å²) in [6, 6.07) is 10.7. The van der Waals surface area contributed by atoms with Crippen molar-refractivity contribution in [3.05, 3.63) is 47.5 Å². The van der Waals surface area contributed by atoms with E-state index in [1.54, 1.807) is 0 Å². The van der Waals surface area contributed by atoms with Crippen LogP contribution < -0.4 is 0 Å². The molecule has 0 spiro atoms. The monoisotopic (exact) mass is 216 g/mol. The van der Waals surface area contributed by atoms with Crippen LogP contribution in [-0.2, 0) is 0 Å². The molecule has 1 nitrogen and oxygen atoms in total. The van der Waals surface area contributed by atoms with Crippen LogP contribution in [0.5, 0.6) is 0 Å². The van der Waals surface area contributed by atoms with Gasteiger partial charge in [0.15, 0.2) is 0 Å². The van der Waals surface area contributed by atoms with Crippen LogP contribution in [-0.4, -0.2) is 11.2 Å². The molecule has 0 aromatic heterocycles. The summed E-state index contributed by atoms with van der Waals surface area (Å²) in [7, 11) is 0. The van der Waals surface area contributed by atoms with Gasteiger partial charge in [0.1, 0.15) is 0 Å². The van der Waals surface area contributed by atoms with Crippen LogP contribution in [0.25, 0.3) is 0 Å². The molecule has 1 aliphatic rings. The zero-order valence-corrected chi connectivity index (χ0v) is 9.89. The van der Waals surface area contributed by atoms with E-state index in [-0.39, 0.29) is 6.10 Å². The largest absolute Gasteiger partial charge is 0.389 e. The minimum atomic E-state index is -0.320. The van der Waals surface area contributed by atoms with E-state index in [1.165, 1.54) is 30.4 Å². The highest BCUT2D eigenvalue weighted by atomic mass is 16.3. The highest BCUT2D eigenvalue weighted by molar-refractivity contribution is 5.30. The van der Waals surface area contributed by atoms with Crippen molar-refractivity contribution in [1.82, 2.24) is 0 Å². The van der Waals surface area contributed by atoms with E-state index < -0.39 is 0 Å². The molecule has 2 unspecified atom stereocenters. The molecule has 1 aliphatic carbocycles. The molecule has 0 radical (unpaired) electrons. The maximum Gasteiger partial charge on any atom is 0.0695 e. The van der Waals surface area contributed by atoms with E-state index >= 15 is 0 Å². The second kappa shape index (κ2) is 5.31. The number of rotatable bonds is 2. The Hall–Kier alpha value is -1.08. The Labute approximate surface area is 97.8 Å². The summed E-state index contributed by atoms with van der Waals surface area (Å²) in [5.41, 5.74) is 2.82. The molecule has 1 fully saturated rings. The van der Waals surface area contributed by atoms with Crippen molar-refractivity contribution in [3.63, 3.8) is 0 Å². The molecule has 1 aromatic rings. The summed E-state index contributed by atoms with van der Waals surface area (Å²) >= 11 is 0. The van der Waals surface area contributed by atoms with Gasteiger partial charge in [0.2, 0.25) is 0 Å². The topological polar surface area (TPSA) is 20.2 Å². The Bertz CT molecular complexity index is 351. The van der Waals surface area contributed by atoms with Crippen LogP contribution >= 0.6 is 0 Å². The van der Waals surface area contributed by atoms with E-state index in [1.807, 2.05) is 13.0 Å². The van der Waals surface area contributed by atoms with E-state index in [9.17, 15) is 5.11 Å². The van der Waals surface area contributed by atoms with Crippen LogP contribution in [0.1, 0.15) is 44.1 Å². The van der Waals surface area contributed by atoms with Crippen molar-refractivity contribution in [2.75, 3.05) is 0 Å². The number of aliphatic hydroxyl groups excluding tert-OH is 1. The molecule has 0 bridgehead atoms. The Morgan fingerprint density at radius 2 is 2.00 bits per heavy atom. The van der Waals surface area contributed by atoms with Crippen molar-refractivity contribution < 1.29 is 5.11 Å². The third-order valence-electron chi connectivity index (χ3n) is 3.31. The first-order chi connectivity index (χ1) is 7.77. The molecule has 1 N–H and O–H groups in total. The van der Waals surface area contributed by atoms with Crippen LogP contribution in [0.2, 0.25) is 0 Å². The normalized spacial score (nSPS) is 25.6. The molecule has 0 aliphatic heterocycles. The van der Waals surface area contributed by atoms with Crippen molar-refractivity contribution in [2.24, 2.45) is 0 Å². The Kier molecular flexibility index (Phi) is 3.79. The van der Waals surface area contributed by atoms with Gasteiger partial charge in [-0.1, -0.05) is 48.4 Å². The first-order valence-electron chi connectivity index (χ1n) is 6.21. The maximum absolute atomic E-state index is 9.49. The molecule has 0 amide bonds. The van der Waals surface area contributed by atoms with Crippen LogP contribution in [0.4, 0.5) is 0 Å². The summed E-state index contributed by atoms with van der Waals surface area (Å²) < 4.78 is 0. The van der Waals surface area contributed by atoms with Crippen molar-refractivity contribution in [3.8, 4) is 0 Å². The van der Waals surface area contributed by atoms with Crippen molar-refractivity contribution >= 4 is 0 Å². The summed E-state index contributed by atoms with van der Waals surface area (Å²) in [6.07, 6.45) is 6.65. The number of benzene rings is 1. The van der Waals surface area contributed by atoms with E-state index in [4.69, 9.17) is 0 Å². The standard InChI is InChI=1S/C15H20O/c1-12(16)11-14-9-5-6-10-15(14)13-7-3-2-4-8-13/h2-4,7-8,11-12,15-16H,5-6,9-10H2,1H3/b14-11-. The fourth-order valence-corrected chi connectivity index (χ4v) is 2.61. The van der Waals surface area contributed by atoms with Crippen molar-refractivity contribution in [2.45, 2.75) is 44.6 Å². The molecule has 16 heavy (non-hydrogen) atoms. The minimum absolute atomic E-state index is 0.320. The van der Waals surface area contributed by atoms with Gasteiger partial charge in [-0.15, -0.1) is 0 Å². The fraction of sp³-hybridized carbons (Fsp3) is 0.467. The van der Waals surface area contributed by atoms with Gasteiger partial charge in [0.05, 0.1) is 6.10 Å². The molecule has 86 valence electrons. The lowest BCUT2D eigenvalue weighted by atomic mass is 9.79. The molecule has 1 saturated carbocycles. The number of allylic oxidation sites excluding steroid dienone is 1. The predicted molar refractivity (Wildman–Crippen MR) is 67.4 cm³/mol. The highest BCUT2D eigenvalue weighted by Crippen LogP contribution is 2.37. The lowest BCUT2D eigenvalue weighted by molar-refractivity contribution is 0.241. The zero-order valence-electron chi connectivity index (χ0n) is 9.89. The van der Waals surface area contributed by atoms with E-state index in [2.05, 4.69) is 30.3 Å². The summed E-state index contributed by atoms with van der Waals surface area (Å²) in [4.78, 5) is 0. The molecule has 2 atom stereocenters. The fourth-order valence-electron chi connectivity index (χ4n) is 2.61. The maximum atomic E-state index is 9.49. The van der Waals surface area contributed by atoms with Crippen molar-refractivity contribution in [1.29, 1.82) is 0 Å². The average Bonchev–Trinajstić information content (AvgIpc) is 2.30. The van der Waals surface area contributed by atoms with Gasteiger partial charge in [-0.25, -0.2) is 0 Å². The van der Waals surface area contributed by atoms with Crippen LogP contribution in [0.15, 0.2) is 42.0 Å². The van der Waals surface area contributed by atoms with Crippen LogP contribution in [0.3, 0.4) is 0 Å². The predicted octanol–water partition coefficient (Wildman–Crippen LogP) is 3.65. The Balaban J connectivity index is 2.23. The van der Waals surface area contributed by atoms with Gasteiger partial charge < -0.3 is 5.11 Å². The minimum Gasteiger partial charge on any atom is -0.389 e. The van der Waals surface area contributed by atoms with Gasteiger partial charge in [-0.2, -0.15) is 0 Å². The second-order valence-corrected chi connectivity index (χ2v) is 4.69. The summed E-state index contributed by atoms with van der Waals surface area (Å²) in [5, 5.41) is 9.49. The summed E-state index contributed by atoms with van der Waals surface area (Å²) in [6.45, 7) is 1.84. The number of hydrogen-bond donors (Lipinski definition) is 1. The zero-order chi connectivity index (χ0) is 11.4. The first kappa shape index (κ1) is 11.4. The number of aliphatic hydroxyl groups is 1. The third-order valence-corrected chi connectivity index (χ3v) is 3.31. The van der Waals surface area contributed by atoms with E-state index in [0.29, 0.717) is 5.92 Å². The molecule has 1 aromatic carbocycles. The SMILES string of the molecule is CC(O)/C=C1/CCCCC1c1ccccc1. The quantitative estimate of drug-likeness (QED) is 0.748. The second-order valence-electron chi connectivity index (χ2n) is 4.69. The Morgan fingerprint density at radius 1 is 1.25 bits per heavy atom. The van der Waals surface area contributed by atoms with Gasteiger partial charge in [-0.05, 0) is 31.7 Å². The smallest absolute Gasteiger partial charge is 0.0695 e. The highest BCUT2D eigenvalue weighted by Gasteiger charge is 2.20. The molecule has 1 heteroatoms. The molecule has 0 heterocycles. The summed E-state index contributed by atoms with van der Waals surface area (Å²) in [5.74, 6) is 0.532. The van der Waals surface area contributed by atoms with Gasteiger partial charge in [0.25, 0.3) is 0 Å². The average molecular weight is 216 g/mol. The van der Waals surface area contributed by atoms with Gasteiger partial charge in [0, 0.05) is 5.92 Å². The molecular formula is C15H20O. The lowest BCUT2D eigenvalue weighted by Gasteiger charge is -2.26. The molecule has 2 rings (SSSR count). The van der Waals surface area contributed by atoms with E-state index in [0.717, 1.165) is 6.42 Å². The molecule has 0 saturated heterocycles. The Morgan fingerprint density at radius 3 is 2.69 bits per heavy atom. The number of hydrogen-bond acceptors (Lipinski definition) is 1. The van der Waals surface area contributed by atoms with Gasteiger partial charge in [-0.3, -0.25) is 0 Å². The molecular weight excluding hydrogens is 196 g/mol.